The van der Waals surface area contributed by atoms with E-state index in [4.69, 9.17) is 14.2 Å². The third-order valence-electron chi connectivity index (χ3n) is 4.35. The van der Waals surface area contributed by atoms with E-state index in [0.717, 1.165) is 0 Å². The summed E-state index contributed by atoms with van der Waals surface area (Å²) in [4.78, 5) is -0.0939. The topological polar surface area (TPSA) is 111 Å². The minimum atomic E-state index is -4.03. The minimum Gasteiger partial charge on any atom is -0.497 e. The zero-order valence-corrected chi connectivity index (χ0v) is 17.6. The summed E-state index contributed by atoms with van der Waals surface area (Å²) < 4.78 is 70.4. The molecule has 1 heterocycles. The number of anilines is 1. The first kappa shape index (κ1) is 21.4. The number of sulfonamides is 2. The summed E-state index contributed by atoms with van der Waals surface area (Å²) in [5.41, 5.74) is 0.122. The third kappa shape index (κ3) is 4.64. The van der Waals surface area contributed by atoms with Crippen LogP contribution in [0.5, 0.6) is 11.5 Å². The van der Waals surface area contributed by atoms with Crippen molar-refractivity contribution in [1.82, 2.24) is 4.31 Å². The molecular formula is C18H22N2O7S2. The van der Waals surface area contributed by atoms with E-state index in [1.54, 1.807) is 0 Å². The first-order valence-electron chi connectivity index (χ1n) is 8.71. The van der Waals surface area contributed by atoms with E-state index in [9.17, 15) is 16.8 Å². The molecule has 0 unspecified atom stereocenters. The predicted molar refractivity (Wildman–Crippen MR) is 106 cm³/mol. The second kappa shape index (κ2) is 8.57. The maximum absolute atomic E-state index is 12.8. The van der Waals surface area contributed by atoms with Crippen LogP contribution < -0.4 is 14.2 Å². The Labute approximate surface area is 170 Å². The molecule has 0 radical (unpaired) electrons. The molecule has 1 fully saturated rings. The van der Waals surface area contributed by atoms with Crippen molar-refractivity contribution < 1.29 is 31.0 Å². The van der Waals surface area contributed by atoms with Gasteiger partial charge in [-0.05, 0) is 30.3 Å². The Balaban J connectivity index is 1.90. The Bertz CT molecular complexity index is 1080. The van der Waals surface area contributed by atoms with Gasteiger partial charge >= 0.3 is 0 Å². The number of hydrogen-bond acceptors (Lipinski definition) is 7. The lowest BCUT2D eigenvalue weighted by Gasteiger charge is -2.26. The van der Waals surface area contributed by atoms with Gasteiger partial charge in [0, 0.05) is 19.2 Å². The van der Waals surface area contributed by atoms with Crippen molar-refractivity contribution in [3.63, 3.8) is 0 Å². The van der Waals surface area contributed by atoms with Crippen LogP contribution in [-0.2, 0) is 24.8 Å². The fourth-order valence-corrected chi connectivity index (χ4v) is 5.52. The molecule has 0 amide bonds. The van der Waals surface area contributed by atoms with Gasteiger partial charge in [-0.1, -0.05) is 6.07 Å². The van der Waals surface area contributed by atoms with Crippen molar-refractivity contribution in [1.29, 1.82) is 0 Å². The van der Waals surface area contributed by atoms with Crippen molar-refractivity contribution in [2.75, 3.05) is 45.2 Å². The smallest absolute Gasteiger partial charge is 0.265 e. The van der Waals surface area contributed by atoms with Gasteiger partial charge in [-0.3, -0.25) is 4.72 Å². The Morgan fingerprint density at radius 1 is 0.966 bits per heavy atom. The van der Waals surface area contributed by atoms with E-state index in [2.05, 4.69) is 4.72 Å². The SMILES string of the molecule is COc1ccc(S(=O)(=O)Nc2cccc(S(=O)(=O)N3CCOCC3)c2)c(OC)c1. The molecule has 2 aromatic rings. The van der Waals surface area contributed by atoms with Crippen molar-refractivity contribution in [2.45, 2.75) is 9.79 Å². The van der Waals surface area contributed by atoms with Crippen LogP contribution in [0.1, 0.15) is 0 Å². The number of methoxy groups -OCH3 is 2. The van der Waals surface area contributed by atoms with Crippen molar-refractivity contribution >= 4 is 25.7 Å². The highest BCUT2D eigenvalue weighted by molar-refractivity contribution is 7.92. The van der Waals surface area contributed by atoms with E-state index >= 15 is 0 Å². The number of hydrogen-bond donors (Lipinski definition) is 1. The molecule has 0 aliphatic carbocycles. The van der Waals surface area contributed by atoms with Crippen molar-refractivity contribution in [3.8, 4) is 11.5 Å². The maximum atomic E-state index is 12.8. The fraction of sp³-hybridized carbons (Fsp3) is 0.333. The van der Waals surface area contributed by atoms with Gasteiger partial charge in [-0.15, -0.1) is 0 Å². The summed E-state index contributed by atoms with van der Waals surface area (Å²) in [7, 11) is -4.97. The molecule has 1 aliphatic rings. The normalized spacial score (nSPS) is 15.7. The molecule has 0 aromatic heterocycles. The van der Waals surface area contributed by atoms with Gasteiger partial charge in [0.2, 0.25) is 10.0 Å². The second-order valence-corrected chi connectivity index (χ2v) is 9.76. The number of nitrogens with one attached hydrogen (secondary N) is 1. The quantitative estimate of drug-likeness (QED) is 0.692. The van der Waals surface area contributed by atoms with Crippen LogP contribution in [0.25, 0.3) is 0 Å². The van der Waals surface area contributed by atoms with E-state index in [1.807, 2.05) is 0 Å². The zero-order chi connectivity index (χ0) is 21.1. The molecule has 3 rings (SSSR count). The molecule has 0 spiro atoms. The summed E-state index contributed by atoms with van der Waals surface area (Å²) >= 11 is 0. The lowest BCUT2D eigenvalue weighted by Crippen LogP contribution is -2.40. The van der Waals surface area contributed by atoms with E-state index in [1.165, 1.54) is 61.0 Å². The van der Waals surface area contributed by atoms with Crippen LogP contribution in [0.2, 0.25) is 0 Å². The predicted octanol–water partition coefficient (Wildman–Crippen LogP) is 1.53. The van der Waals surface area contributed by atoms with Gasteiger partial charge in [-0.2, -0.15) is 4.31 Å². The van der Waals surface area contributed by atoms with E-state index in [0.29, 0.717) is 19.0 Å². The van der Waals surface area contributed by atoms with Gasteiger partial charge in [0.05, 0.1) is 38.0 Å². The molecule has 0 saturated carbocycles. The number of nitrogens with zero attached hydrogens (tertiary/aromatic N) is 1. The van der Waals surface area contributed by atoms with Crippen LogP contribution in [0.4, 0.5) is 5.69 Å². The van der Waals surface area contributed by atoms with Gasteiger partial charge in [-0.25, -0.2) is 16.8 Å². The van der Waals surface area contributed by atoms with Crippen LogP contribution in [-0.4, -0.2) is 61.7 Å². The Hall–Kier alpha value is -2.34. The summed E-state index contributed by atoms with van der Waals surface area (Å²) in [6.07, 6.45) is 0. The molecule has 0 atom stereocenters. The summed E-state index contributed by atoms with van der Waals surface area (Å²) in [5, 5.41) is 0. The van der Waals surface area contributed by atoms with Crippen LogP contribution in [0, 0.1) is 0 Å². The number of ether oxygens (including phenoxy) is 3. The van der Waals surface area contributed by atoms with Crippen LogP contribution in [0.3, 0.4) is 0 Å². The highest BCUT2D eigenvalue weighted by Gasteiger charge is 2.27. The summed E-state index contributed by atoms with van der Waals surface area (Å²) in [6.45, 7) is 1.15. The first-order chi connectivity index (χ1) is 13.8. The van der Waals surface area contributed by atoms with Crippen LogP contribution in [0.15, 0.2) is 52.3 Å². The summed E-state index contributed by atoms with van der Waals surface area (Å²) in [5.74, 6) is 0.549. The van der Waals surface area contributed by atoms with E-state index < -0.39 is 20.0 Å². The largest absolute Gasteiger partial charge is 0.497 e. The van der Waals surface area contributed by atoms with Crippen LogP contribution >= 0.6 is 0 Å². The monoisotopic (exact) mass is 442 g/mol. The van der Waals surface area contributed by atoms with Gasteiger partial charge < -0.3 is 14.2 Å². The lowest BCUT2D eigenvalue weighted by atomic mass is 10.3. The molecule has 0 bridgehead atoms. The maximum Gasteiger partial charge on any atom is 0.265 e. The van der Waals surface area contributed by atoms with E-state index in [-0.39, 0.29) is 34.3 Å². The average Bonchev–Trinajstić information content (AvgIpc) is 2.73. The molecule has 11 heteroatoms. The molecule has 1 saturated heterocycles. The highest BCUT2D eigenvalue weighted by Crippen LogP contribution is 2.30. The Morgan fingerprint density at radius 3 is 2.34 bits per heavy atom. The number of rotatable bonds is 7. The number of morpholine rings is 1. The van der Waals surface area contributed by atoms with Crippen molar-refractivity contribution in [2.24, 2.45) is 0 Å². The lowest BCUT2D eigenvalue weighted by molar-refractivity contribution is 0.0730. The molecule has 158 valence electrons. The summed E-state index contributed by atoms with van der Waals surface area (Å²) in [6, 6.07) is 9.98. The molecular weight excluding hydrogens is 420 g/mol. The molecule has 1 N–H and O–H groups in total. The fourth-order valence-electron chi connectivity index (χ4n) is 2.86. The van der Waals surface area contributed by atoms with Gasteiger partial charge in [0.25, 0.3) is 10.0 Å². The number of benzene rings is 2. The second-order valence-electron chi connectivity index (χ2n) is 6.17. The standard InChI is InChI=1S/C18H22N2O7S2/c1-25-15-6-7-18(17(13-15)26-2)28(21,22)19-14-4-3-5-16(12-14)29(23,24)20-8-10-27-11-9-20/h3-7,12-13,19H,8-11H2,1-2H3. The minimum absolute atomic E-state index is 0.00120. The molecule has 9 nitrogen and oxygen atoms in total. The van der Waals surface area contributed by atoms with Crippen molar-refractivity contribution in [3.05, 3.63) is 42.5 Å². The average molecular weight is 443 g/mol. The van der Waals surface area contributed by atoms with Gasteiger partial charge in [0.15, 0.2) is 0 Å². The van der Waals surface area contributed by atoms with Gasteiger partial charge in [0.1, 0.15) is 16.4 Å². The molecule has 2 aromatic carbocycles. The molecule has 29 heavy (non-hydrogen) atoms. The zero-order valence-electron chi connectivity index (χ0n) is 16.0. The third-order valence-corrected chi connectivity index (χ3v) is 7.67. The Kier molecular flexibility index (Phi) is 6.32. The molecule has 1 aliphatic heterocycles. The first-order valence-corrected chi connectivity index (χ1v) is 11.6. The highest BCUT2D eigenvalue weighted by atomic mass is 32.2. The Morgan fingerprint density at radius 2 is 1.69 bits per heavy atom.